The van der Waals surface area contributed by atoms with Crippen molar-refractivity contribution in [1.82, 2.24) is 15.5 Å². The molecule has 0 radical (unpaired) electrons. The van der Waals surface area contributed by atoms with E-state index in [4.69, 9.17) is 4.74 Å². The SMILES string of the molecule is CC(C)CCNC(=O)NC(=O)COC(=O)CCN1C(=O)[C@@H]2CC=CC[C@H]2C1=O. The van der Waals surface area contributed by atoms with Crippen molar-refractivity contribution in [3.63, 3.8) is 0 Å². The number of allylic oxidation sites excluding steroid dienone is 2. The number of nitrogens with zero attached hydrogens (tertiary/aromatic N) is 1. The van der Waals surface area contributed by atoms with Gasteiger partial charge in [-0.3, -0.25) is 29.4 Å². The van der Waals surface area contributed by atoms with Crippen LogP contribution in [0.3, 0.4) is 0 Å². The molecule has 2 atom stereocenters. The van der Waals surface area contributed by atoms with Crippen molar-refractivity contribution in [2.45, 2.75) is 39.5 Å². The lowest BCUT2D eigenvalue weighted by Crippen LogP contribution is -2.42. The Balaban J connectivity index is 1.66. The van der Waals surface area contributed by atoms with Gasteiger partial charge in [-0.1, -0.05) is 26.0 Å². The van der Waals surface area contributed by atoms with Gasteiger partial charge in [-0.15, -0.1) is 0 Å². The molecule has 1 aliphatic carbocycles. The Morgan fingerprint density at radius 2 is 1.75 bits per heavy atom. The number of nitrogens with one attached hydrogen (secondary N) is 2. The molecule has 0 saturated carbocycles. The maximum absolute atomic E-state index is 12.3. The first-order valence-electron chi connectivity index (χ1n) is 9.53. The molecule has 1 fully saturated rings. The van der Waals surface area contributed by atoms with E-state index in [0.717, 1.165) is 11.3 Å². The predicted molar refractivity (Wildman–Crippen MR) is 98.6 cm³/mol. The van der Waals surface area contributed by atoms with Crippen molar-refractivity contribution in [3.05, 3.63) is 12.2 Å². The van der Waals surface area contributed by atoms with E-state index in [-0.39, 0.29) is 36.6 Å². The summed E-state index contributed by atoms with van der Waals surface area (Å²) in [6.45, 7) is 3.79. The highest BCUT2D eigenvalue weighted by atomic mass is 16.5. The monoisotopic (exact) mass is 393 g/mol. The highest BCUT2D eigenvalue weighted by Gasteiger charge is 2.46. The number of urea groups is 1. The van der Waals surface area contributed by atoms with Gasteiger partial charge in [0.05, 0.1) is 18.3 Å². The molecule has 1 aliphatic heterocycles. The minimum Gasteiger partial charge on any atom is -0.456 e. The van der Waals surface area contributed by atoms with Crippen LogP contribution in [0, 0.1) is 17.8 Å². The summed E-state index contributed by atoms with van der Waals surface area (Å²) in [5.74, 6) is -2.25. The lowest BCUT2D eigenvalue weighted by molar-refractivity contribution is -0.149. The van der Waals surface area contributed by atoms with Crippen LogP contribution in [0.15, 0.2) is 12.2 Å². The second-order valence-corrected chi connectivity index (χ2v) is 7.38. The van der Waals surface area contributed by atoms with E-state index >= 15 is 0 Å². The van der Waals surface area contributed by atoms with Crippen LogP contribution in [0.4, 0.5) is 4.79 Å². The number of hydrogen-bond acceptors (Lipinski definition) is 6. The summed E-state index contributed by atoms with van der Waals surface area (Å²) in [6, 6.07) is -0.647. The molecule has 1 heterocycles. The lowest BCUT2D eigenvalue weighted by atomic mass is 9.85. The van der Waals surface area contributed by atoms with Gasteiger partial charge in [0.1, 0.15) is 0 Å². The van der Waals surface area contributed by atoms with E-state index in [1.807, 2.05) is 26.0 Å². The van der Waals surface area contributed by atoms with Gasteiger partial charge in [0.25, 0.3) is 5.91 Å². The summed E-state index contributed by atoms with van der Waals surface area (Å²) in [6.07, 6.45) is 5.44. The van der Waals surface area contributed by atoms with Crippen LogP contribution in [0.25, 0.3) is 0 Å². The number of fused-ring (bicyclic) bond motifs is 1. The van der Waals surface area contributed by atoms with Crippen molar-refractivity contribution >= 4 is 29.7 Å². The van der Waals surface area contributed by atoms with Gasteiger partial charge in [-0.2, -0.15) is 0 Å². The van der Waals surface area contributed by atoms with Crippen LogP contribution in [0.5, 0.6) is 0 Å². The van der Waals surface area contributed by atoms with Crippen LogP contribution >= 0.6 is 0 Å². The molecule has 0 aromatic rings. The van der Waals surface area contributed by atoms with Crippen LogP contribution in [0.1, 0.15) is 39.5 Å². The third-order valence-electron chi connectivity index (χ3n) is 4.76. The molecule has 9 heteroatoms. The summed E-state index contributed by atoms with van der Waals surface area (Å²) < 4.78 is 4.80. The zero-order valence-corrected chi connectivity index (χ0v) is 16.2. The molecule has 0 unspecified atom stereocenters. The second-order valence-electron chi connectivity index (χ2n) is 7.38. The number of ether oxygens (including phenoxy) is 1. The van der Waals surface area contributed by atoms with Crippen LogP contribution < -0.4 is 10.6 Å². The summed E-state index contributed by atoms with van der Waals surface area (Å²) in [5, 5.41) is 4.59. The van der Waals surface area contributed by atoms with Gasteiger partial charge < -0.3 is 10.1 Å². The van der Waals surface area contributed by atoms with E-state index in [1.54, 1.807) is 0 Å². The quantitative estimate of drug-likeness (QED) is 0.356. The fraction of sp³-hybridized carbons (Fsp3) is 0.632. The fourth-order valence-electron chi connectivity index (χ4n) is 3.19. The molecule has 1 saturated heterocycles. The molecular weight excluding hydrogens is 366 g/mol. The summed E-state index contributed by atoms with van der Waals surface area (Å²) in [5.41, 5.74) is 0. The minimum atomic E-state index is -0.749. The number of esters is 1. The number of carbonyl (C=O) groups is 5. The summed E-state index contributed by atoms with van der Waals surface area (Å²) in [7, 11) is 0. The maximum Gasteiger partial charge on any atom is 0.321 e. The molecular formula is C19H27N3O6. The number of hydrogen-bond donors (Lipinski definition) is 2. The van der Waals surface area contributed by atoms with E-state index in [0.29, 0.717) is 25.3 Å². The van der Waals surface area contributed by atoms with E-state index < -0.39 is 24.5 Å². The normalized spacial score (nSPS) is 20.9. The molecule has 154 valence electrons. The molecule has 0 aromatic heterocycles. The van der Waals surface area contributed by atoms with Gasteiger partial charge in [0.15, 0.2) is 6.61 Å². The Morgan fingerprint density at radius 3 is 2.32 bits per heavy atom. The Kier molecular flexibility index (Phi) is 7.71. The average molecular weight is 393 g/mol. The average Bonchev–Trinajstić information content (AvgIpc) is 2.89. The molecule has 0 spiro atoms. The van der Waals surface area contributed by atoms with Gasteiger partial charge >= 0.3 is 12.0 Å². The first-order valence-corrected chi connectivity index (χ1v) is 9.53. The highest BCUT2D eigenvalue weighted by Crippen LogP contribution is 2.34. The van der Waals surface area contributed by atoms with Crippen molar-refractivity contribution in [2.24, 2.45) is 17.8 Å². The third-order valence-corrected chi connectivity index (χ3v) is 4.76. The molecule has 28 heavy (non-hydrogen) atoms. The topological polar surface area (TPSA) is 122 Å². The first kappa shape index (κ1) is 21.6. The van der Waals surface area contributed by atoms with E-state index in [9.17, 15) is 24.0 Å². The number of carbonyl (C=O) groups excluding carboxylic acids is 5. The number of likely N-dealkylation sites (tertiary alicyclic amines) is 1. The van der Waals surface area contributed by atoms with Crippen molar-refractivity contribution in [2.75, 3.05) is 19.7 Å². The fourth-order valence-corrected chi connectivity index (χ4v) is 3.19. The zero-order valence-electron chi connectivity index (χ0n) is 16.2. The van der Waals surface area contributed by atoms with Crippen LogP contribution in [-0.4, -0.2) is 54.3 Å². The standard InChI is InChI=1S/C19H27N3O6/c1-12(2)7-9-20-19(27)21-15(23)11-28-16(24)8-10-22-17(25)13-5-3-4-6-14(13)18(22)26/h3-4,12-14H,5-11H2,1-2H3,(H2,20,21,23,27)/t13-,14-/m1/s1. The van der Waals surface area contributed by atoms with Crippen molar-refractivity contribution in [1.29, 1.82) is 0 Å². The number of imide groups is 2. The largest absolute Gasteiger partial charge is 0.456 e. The van der Waals surface area contributed by atoms with Crippen LogP contribution in [-0.2, 0) is 23.9 Å². The highest BCUT2D eigenvalue weighted by molar-refractivity contribution is 6.05. The molecule has 2 aliphatic rings. The summed E-state index contributed by atoms with van der Waals surface area (Å²) >= 11 is 0. The first-order chi connectivity index (χ1) is 13.3. The molecule has 0 aromatic carbocycles. The Labute approximate surface area is 163 Å². The third kappa shape index (κ3) is 5.90. The Hall–Kier alpha value is -2.71. The molecule has 2 N–H and O–H groups in total. The van der Waals surface area contributed by atoms with Gasteiger partial charge in [-0.05, 0) is 25.2 Å². The molecule has 5 amide bonds. The number of amides is 5. The number of rotatable bonds is 8. The predicted octanol–water partition coefficient (Wildman–Crippen LogP) is 0.743. The van der Waals surface area contributed by atoms with Crippen LogP contribution in [0.2, 0.25) is 0 Å². The smallest absolute Gasteiger partial charge is 0.321 e. The minimum absolute atomic E-state index is 0.0686. The molecule has 2 rings (SSSR count). The van der Waals surface area contributed by atoms with Gasteiger partial charge in [0.2, 0.25) is 11.8 Å². The second kappa shape index (κ2) is 10.0. The van der Waals surface area contributed by atoms with Crippen molar-refractivity contribution in [3.8, 4) is 0 Å². The van der Waals surface area contributed by atoms with Gasteiger partial charge in [0, 0.05) is 13.1 Å². The van der Waals surface area contributed by atoms with Gasteiger partial charge in [-0.25, -0.2) is 4.79 Å². The van der Waals surface area contributed by atoms with E-state index in [1.165, 1.54) is 0 Å². The van der Waals surface area contributed by atoms with E-state index in [2.05, 4.69) is 10.6 Å². The zero-order chi connectivity index (χ0) is 20.7. The Morgan fingerprint density at radius 1 is 1.14 bits per heavy atom. The molecule has 9 nitrogen and oxygen atoms in total. The Bertz CT molecular complexity index is 647. The molecule has 0 bridgehead atoms. The van der Waals surface area contributed by atoms with Crippen molar-refractivity contribution < 1.29 is 28.7 Å². The summed E-state index contributed by atoms with van der Waals surface area (Å²) in [4.78, 5) is 60.6. The maximum atomic E-state index is 12.3. The lowest BCUT2D eigenvalue weighted by Gasteiger charge is -2.14.